The third-order valence-corrected chi connectivity index (χ3v) is 5.67. The average molecular weight is 479 g/mol. The minimum absolute atomic E-state index is 0.0238. The molecule has 4 unspecified atom stereocenters. The lowest BCUT2D eigenvalue weighted by Gasteiger charge is -2.25. The molecule has 0 spiro atoms. The van der Waals surface area contributed by atoms with Gasteiger partial charge in [0.2, 0.25) is 5.95 Å². The van der Waals surface area contributed by atoms with Gasteiger partial charge in [-0.1, -0.05) is 6.08 Å². The summed E-state index contributed by atoms with van der Waals surface area (Å²) in [4.78, 5) is 46.2. The lowest BCUT2D eigenvalue weighted by molar-refractivity contribution is -0.200. The minimum Gasteiger partial charge on any atom is -0.447 e. The molecule has 1 amide bonds. The Balaban J connectivity index is 1.73. The topological polar surface area (TPSA) is 182 Å². The smallest absolute Gasteiger partial charge is 0.409 e. The molecular weight excluding hydrogens is 450 g/mol. The van der Waals surface area contributed by atoms with E-state index in [9.17, 15) is 14.4 Å². The van der Waals surface area contributed by atoms with Crippen LogP contribution in [0.3, 0.4) is 0 Å². The Morgan fingerprint density at radius 2 is 2.06 bits per heavy atom. The van der Waals surface area contributed by atoms with E-state index in [-0.39, 0.29) is 36.8 Å². The van der Waals surface area contributed by atoms with Crippen LogP contribution >= 0.6 is 0 Å². The SMILES string of the molecule is C=CCn1c(=O)n(C2OC(COC(=O)N(C)CCN)C3OC(C)(C)OC32)c2nc(N)[nH]c(=O)c21. The van der Waals surface area contributed by atoms with Gasteiger partial charge in [-0.05, 0) is 13.8 Å². The average Bonchev–Trinajstić information content (AvgIpc) is 3.33. The third kappa shape index (κ3) is 4.09. The zero-order chi connectivity index (χ0) is 24.8. The molecule has 0 aromatic carbocycles. The molecule has 2 aromatic rings. The molecule has 14 nitrogen and oxygen atoms in total. The summed E-state index contributed by atoms with van der Waals surface area (Å²) >= 11 is 0. The maximum Gasteiger partial charge on any atom is 0.409 e. The van der Waals surface area contributed by atoms with Gasteiger partial charge in [-0.15, -0.1) is 6.58 Å². The number of likely N-dealkylation sites (N-methyl/N-ethyl adjacent to an activating group) is 1. The van der Waals surface area contributed by atoms with E-state index in [1.54, 1.807) is 20.9 Å². The van der Waals surface area contributed by atoms with E-state index in [0.29, 0.717) is 6.54 Å². The van der Waals surface area contributed by atoms with Crippen LogP contribution in [0.4, 0.5) is 10.7 Å². The van der Waals surface area contributed by atoms with Gasteiger partial charge in [-0.3, -0.25) is 14.3 Å². The Hall–Kier alpha value is -3.20. The zero-order valence-electron chi connectivity index (χ0n) is 19.2. The summed E-state index contributed by atoms with van der Waals surface area (Å²) < 4.78 is 26.0. The van der Waals surface area contributed by atoms with Crippen molar-refractivity contribution in [3.05, 3.63) is 33.5 Å². The van der Waals surface area contributed by atoms with Gasteiger partial charge in [0.25, 0.3) is 5.56 Å². The van der Waals surface area contributed by atoms with Crippen LogP contribution in [0.1, 0.15) is 20.1 Å². The first-order valence-corrected chi connectivity index (χ1v) is 10.8. The van der Waals surface area contributed by atoms with Crippen molar-refractivity contribution in [1.29, 1.82) is 0 Å². The number of carbonyl (C=O) groups is 1. The summed E-state index contributed by atoms with van der Waals surface area (Å²) in [7, 11) is 1.57. The first-order valence-electron chi connectivity index (χ1n) is 10.8. The van der Waals surface area contributed by atoms with Crippen LogP contribution in [-0.2, 0) is 25.5 Å². The summed E-state index contributed by atoms with van der Waals surface area (Å²) in [5, 5.41) is 0. The van der Waals surface area contributed by atoms with Gasteiger partial charge in [0.05, 0.1) is 0 Å². The number of aromatic nitrogens is 4. The second kappa shape index (κ2) is 8.87. The molecular formula is C20H29N7O7. The molecule has 0 aliphatic carbocycles. The number of fused-ring (bicyclic) bond motifs is 2. The highest BCUT2D eigenvalue weighted by atomic mass is 16.8. The molecule has 2 aromatic heterocycles. The molecule has 0 saturated carbocycles. The highest BCUT2D eigenvalue weighted by Crippen LogP contribution is 2.43. The van der Waals surface area contributed by atoms with Crippen molar-refractivity contribution in [1.82, 2.24) is 24.0 Å². The Morgan fingerprint density at radius 3 is 2.74 bits per heavy atom. The number of aromatic amines is 1. The number of hydrogen-bond donors (Lipinski definition) is 3. The van der Waals surface area contributed by atoms with Gasteiger partial charge < -0.3 is 35.3 Å². The highest BCUT2D eigenvalue weighted by Gasteiger charge is 2.57. The standard InChI is InChI=1S/C20H29N7O7/c1-5-7-26-11-14(23-17(22)24-15(11)28)27(18(26)29)16-13-12(33-20(2,3)34-13)10(32-16)9-31-19(30)25(4)8-6-21/h5,10,12-13,16H,1,6-9,21H2,2-4H3,(H3,22,23,24,28). The molecule has 2 aliphatic rings. The highest BCUT2D eigenvalue weighted by molar-refractivity contribution is 5.72. The molecule has 34 heavy (non-hydrogen) atoms. The fourth-order valence-electron chi connectivity index (χ4n) is 4.28. The van der Waals surface area contributed by atoms with Crippen LogP contribution in [0.15, 0.2) is 22.2 Å². The first kappa shape index (κ1) is 23.9. The van der Waals surface area contributed by atoms with Crippen LogP contribution in [0.2, 0.25) is 0 Å². The Bertz CT molecular complexity index is 1220. The third-order valence-electron chi connectivity index (χ3n) is 5.67. The molecule has 5 N–H and O–H groups in total. The minimum atomic E-state index is -1.02. The Kier molecular flexibility index (Phi) is 6.24. The van der Waals surface area contributed by atoms with Crippen LogP contribution in [0, 0.1) is 0 Å². The zero-order valence-corrected chi connectivity index (χ0v) is 19.2. The molecule has 2 aliphatic heterocycles. The number of nitrogens with one attached hydrogen (secondary N) is 1. The van der Waals surface area contributed by atoms with Crippen LogP contribution in [0.5, 0.6) is 0 Å². The number of nitrogens with two attached hydrogens (primary N) is 2. The molecule has 186 valence electrons. The second-order valence-corrected chi connectivity index (χ2v) is 8.59. The summed E-state index contributed by atoms with van der Waals surface area (Å²) in [6.45, 7) is 7.63. The number of ether oxygens (including phenoxy) is 4. The predicted octanol–water partition coefficient (Wildman–Crippen LogP) is -0.901. The molecule has 4 atom stereocenters. The fourth-order valence-corrected chi connectivity index (χ4v) is 4.28. The fraction of sp³-hybridized carbons (Fsp3) is 0.600. The molecule has 0 bridgehead atoms. The number of imidazole rings is 1. The van der Waals surface area contributed by atoms with E-state index in [1.165, 1.54) is 20.1 Å². The Labute approximate surface area is 194 Å². The van der Waals surface area contributed by atoms with Crippen molar-refractivity contribution in [3.8, 4) is 0 Å². The molecule has 0 radical (unpaired) electrons. The molecule has 2 saturated heterocycles. The molecule has 2 fully saturated rings. The number of allylic oxidation sites excluding steroid dienone is 1. The lowest BCUT2D eigenvalue weighted by atomic mass is 10.1. The molecule has 14 heteroatoms. The van der Waals surface area contributed by atoms with Gasteiger partial charge in [0.15, 0.2) is 23.2 Å². The van der Waals surface area contributed by atoms with Crippen molar-refractivity contribution < 1.29 is 23.7 Å². The maximum absolute atomic E-state index is 13.4. The van der Waals surface area contributed by atoms with Gasteiger partial charge in [0.1, 0.15) is 24.9 Å². The van der Waals surface area contributed by atoms with Crippen molar-refractivity contribution >= 4 is 23.2 Å². The quantitative estimate of drug-likeness (QED) is 0.421. The second-order valence-electron chi connectivity index (χ2n) is 8.59. The van der Waals surface area contributed by atoms with Crippen molar-refractivity contribution in [2.45, 2.75) is 50.7 Å². The number of nitrogens with zero attached hydrogens (tertiary/aromatic N) is 4. The molecule has 4 rings (SSSR count). The van der Waals surface area contributed by atoms with E-state index in [0.717, 1.165) is 0 Å². The van der Waals surface area contributed by atoms with E-state index in [1.807, 2.05) is 0 Å². The van der Waals surface area contributed by atoms with Crippen molar-refractivity contribution in [2.75, 3.05) is 32.5 Å². The van der Waals surface area contributed by atoms with Gasteiger partial charge >= 0.3 is 11.8 Å². The number of hydrogen-bond acceptors (Lipinski definition) is 10. The lowest BCUT2D eigenvalue weighted by Crippen LogP contribution is -2.37. The summed E-state index contributed by atoms with van der Waals surface area (Å²) in [6.07, 6.45) is -2.27. The summed E-state index contributed by atoms with van der Waals surface area (Å²) in [6, 6.07) is 0. The van der Waals surface area contributed by atoms with Gasteiger partial charge in [-0.2, -0.15) is 4.98 Å². The van der Waals surface area contributed by atoms with E-state index in [2.05, 4.69) is 16.5 Å². The normalized spacial score (nSPS) is 25.4. The van der Waals surface area contributed by atoms with Crippen molar-refractivity contribution in [3.63, 3.8) is 0 Å². The van der Waals surface area contributed by atoms with Crippen LogP contribution in [-0.4, -0.2) is 80.9 Å². The number of rotatable bonds is 7. The van der Waals surface area contributed by atoms with Gasteiger partial charge in [-0.25, -0.2) is 14.2 Å². The predicted molar refractivity (Wildman–Crippen MR) is 120 cm³/mol. The number of nitrogen functional groups attached to an aromatic ring is 1. The number of carbonyl (C=O) groups excluding carboxylic acids is 1. The van der Waals surface area contributed by atoms with E-state index >= 15 is 0 Å². The number of amides is 1. The largest absolute Gasteiger partial charge is 0.447 e. The van der Waals surface area contributed by atoms with Crippen LogP contribution < -0.4 is 22.7 Å². The summed E-state index contributed by atoms with van der Waals surface area (Å²) in [5.41, 5.74) is 10.2. The van der Waals surface area contributed by atoms with Crippen LogP contribution in [0.25, 0.3) is 11.2 Å². The van der Waals surface area contributed by atoms with E-state index in [4.69, 9.17) is 30.4 Å². The van der Waals surface area contributed by atoms with Crippen molar-refractivity contribution in [2.24, 2.45) is 5.73 Å². The first-order chi connectivity index (χ1) is 16.1. The monoisotopic (exact) mass is 479 g/mol. The molecule has 4 heterocycles. The summed E-state index contributed by atoms with van der Waals surface area (Å²) in [5.74, 6) is -1.14. The maximum atomic E-state index is 13.4. The van der Waals surface area contributed by atoms with Gasteiger partial charge in [0, 0.05) is 26.7 Å². The number of anilines is 1. The van der Waals surface area contributed by atoms with E-state index < -0.39 is 47.7 Å². The number of H-pyrrole nitrogens is 1. The Morgan fingerprint density at radius 1 is 1.35 bits per heavy atom.